The van der Waals surface area contributed by atoms with Crippen molar-refractivity contribution >= 4 is 12.0 Å². The van der Waals surface area contributed by atoms with Crippen molar-refractivity contribution in [1.82, 2.24) is 9.97 Å². The van der Waals surface area contributed by atoms with Crippen LogP contribution < -0.4 is 14.4 Å². The number of rotatable bonds is 6. The van der Waals surface area contributed by atoms with Gasteiger partial charge in [0.15, 0.2) is 6.29 Å². The monoisotopic (exact) mass is 375 g/mol. The van der Waals surface area contributed by atoms with Crippen molar-refractivity contribution in [2.75, 3.05) is 18.0 Å². The van der Waals surface area contributed by atoms with Crippen molar-refractivity contribution in [2.24, 2.45) is 0 Å². The smallest absolute Gasteiger partial charge is 0.220 e. The van der Waals surface area contributed by atoms with Crippen LogP contribution in [-0.4, -0.2) is 35.4 Å². The maximum atomic E-state index is 11.6. The first kappa shape index (κ1) is 18.0. The van der Waals surface area contributed by atoms with E-state index in [0.29, 0.717) is 29.7 Å². The molecule has 2 aromatic heterocycles. The van der Waals surface area contributed by atoms with Crippen molar-refractivity contribution in [1.29, 1.82) is 0 Å². The number of carbonyl (C=O) groups excluding carboxylic acids is 1. The zero-order valence-corrected chi connectivity index (χ0v) is 15.6. The summed E-state index contributed by atoms with van der Waals surface area (Å²) in [7, 11) is 0. The summed E-state index contributed by atoms with van der Waals surface area (Å²) in [5.41, 5.74) is 2.25. The van der Waals surface area contributed by atoms with Crippen LogP contribution in [0.1, 0.15) is 22.5 Å². The Balaban J connectivity index is 1.45. The molecule has 1 aliphatic heterocycles. The number of ether oxygens (including phenoxy) is 2. The second kappa shape index (κ2) is 8.08. The van der Waals surface area contributed by atoms with Crippen molar-refractivity contribution in [2.45, 2.75) is 19.4 Å². The van der Waals surface area contributed by atoms with E-state index in [9.17, 15) is 4.79 Å². The number of aldehydes is 1. The first-order chi connectivity index (χ1) is 13.7. The van der Waals surface area contributed by atoms with Gasteiger partial charge in [-0.05, 0) is 30.7 Å². The van der Waals surface area contributed by atoms with Crippen LogP contribution in [0.5, 0.6) is 17.5 Å². The standard InChI is InChI=1S/C22H21N3O3/c1-16-7-9-21(23-13-16)28-18-11-12-25(14-18)20-8-10-22(24-19(20)15-26)27-17-5-3-2-4-6-17/h2-10,13,15,18H,11-12,14H2,1H3/t18-/m0/s1. The second-order valence-electron chi connectivity index (χ2n) is 6.74. The fourth-order valence-corrected chi connectivity index (χ4v) is 3.21. The zero-order valence-electron chi connectivity index (χ0n) is 15.6. The summed E-state index contributed by atoms with van der Waals surface area (Å²) >= 11 is 0. The van der Waals surface area contributed by atoms with Gasteiger partial charge in [-0.1, -0.05) is 24.3 Å². The lowest BCUT2D eigenvalue weighted by Crippen LogP contribution is -2.25. The summed E-state index contributed by atoms with van der Waals surface area (Å²) in [6, 6.07) is 16.9. The van der Waals surface area contributed by atoms with Gasteiger partial charge in [0.2, 0.25) is 11.8 Å². The Morgan fingerprint density at radius 1 is 1.07 bits per heavy atom. The third-order valence-corrected chi connectivity index (χ3v) is 4.61. The first-order valence-electron chi connectivity index (χ1n) is 9.24. The van der Waals surface area contributed by atoms with Gasteiger partial charge in [0.25, 0.3) is 0 Å². The molecule has 1 fully saturated rings. The highest BCUT2D eigenvalue weighted by atomic mass is 16.5. The summed E-state index contributed by atoms with van der Waals surface area (Å²) in [5, 5.41) is 0. The lowest BCUT2D eigenvalue weighted by molar-refractivity contribution is 0.111. The van der Waals surface area contributed by atoms with E-state index >= 15 is 0 Å². The molecular formula is C22H21N3O3. The number of para-hydroxylation sites is 1. The molecule has 1 aliphatic rings. The molecule has 0 bridgehead atoms. The van der Waals surface area contributed by atoms with Gasteiger partial charge < -0.3 is 14.4 Å². The molecule has 3 heterocycles. The Morgan fingerprint density at radius 3 is 2.64 bits per heavy atom. The van der Waals surface area contributed by atoms with Gasteiger partial charge >= 0.3 is 0 Å². The number of nitrogens with zero attached hydrogens (tertiary/aromatic N) is 3. The molecule has 28 heavy (non-hydrogen) atoms. The molecule has 0 unspecified atom stereocenters. The zero-order chi connectivity index (χ0) is 19.3. The number of hydrogen-bond donors (Lipinski definition) is 0. The highest BCUT2D eigenvalue weighted by molar-refractivity contribution is 5.82. The first-order valence-corrected chi connectivity index (χ1v) is 9.24. The molecule has 1 atom stereocenters. The predicted octanol–water partition coefficient (Wildman–Crippen LogP) is 4.05. The molecule has 0 spiro atoms. The minimum atomic E-state index is 0.0231. The summed E-state index contributed by atoms with van der Waals surface area (Å²) in [6.07, 6.45) is 3.44. The predicted molar refractivity (Wildman–Crippen MR) is 106 cm³/mol. The molecule has 6 heteroatoms. The van der Waals surface area contributed by atoms with Crippen LogP contribution in [0, 0.1) is 6.92 Å². The van der Waals surface area contributed by atoms with Gasteiger partial charge in [-0.25, -0.2) is 9.97 Å². The van der Waals surface area contributed by atoms with E-state index in [2.05, 4.69) is 14.9 Å². The molecule has 142 valence electrons. The van der Waals surface area contributed by atoms with Crippen molar-refractivity contribution in [3.05, 3.63) is 72.1 Å². The SMILES string of the molecule is Cc1ccc(O[C@H]2CCN(c3ccc(Oc4ccccc4)nc3C=O)C2)nc1. The average molecular weight is 375 g/mol. The lowest BCUT2D eigenvalue weighted by Gasteiger charge is -2.20. The summed E-state index contributed by atoms with van der Waals surface area (Å²) in [4.78, 5) is 22.4. The fraction of sp³-hybridized carbons (Fsp3) is 0.227. The molecular weight excluding hydrogens is 354 g/mol. The molecule has 0 N–H and O–H groups in total. The van der Waals surface area contributed by atoms with E-state index < -0.39 is 0 Å². The molecule has 0 radical (unpaired) electrons. The Kier molecular flexibility index (Phi) is 5.19. The Hall–Kier alpha value is -3.41. The Bertz CT molecular complexity index is 945. The molecule has 0 aliphatic carbocycles. The van der Waals surface area contributed by atoms with Crippen molar-refractivity contribution < 1.29 is 14.3 Å². The average Bonchev–Trinajstić information content (AvgIpc) is 3.18. The maximum Gasteiger partial charge on any atom is 0.220 e. The van der Waals surface area contributed by atoms with Gasteiger partial charge in [-0.3, -0.25) is 4.79 Å². The van der Waals surface area contributed by atoms with Gasteiger partial charge in [0, 0.05) is 31.3 Å². The molecule has 6 nitrogen and oxygen atoms in total. The molecule has 4 rings (SSSR count). The van der Waals surface area contributed by atoms with Crippen molar-refractivity contribution in [3.8, 4) is 17.5 Å². The number of anilines is 1. The fourth-order valence-electron chi connectivity index (χ4n) is 3.21. The number of pyridine rings is 2. The highest BCUT2D eigenvalue weighted by Crippen LogP contribution is 2.28. The van der Waals surface area contributed by atoms with E-state index in [0.717, 1.165) is 30.5 Å². The highest BCUT2D eigenvalue weighted by Gasteiger charge is 2.26. The minimum Gasteiger partial charge on any atom is -0.472 e. The van der Waals surface area contributed by atoms with Crippen LogP contribution in [0.4, 0.5) is 5.69 Å². The Morgan fingerprint density at radius 2 is 1.89 bits per heavy atom. The van der Waals surface area contributed by atoms with Gasteiger partial charge in [0.05, 0.1) is 12.2 Å². The van der Waals surface area contributed by atoms with E-state index in [1.807, 2.05) is 55.5 Å². The quantitative estimate of drug-likeness (QED) is 0.606. The number of benzene rings is 1. The van der Waals surface area contributed by atoms with Gasteiger partial charge in [-0.2, -0.15) is 0 Å². The molecule has 3 aromatic rings. The van der Waals surface area contributed by atoms with Crippen LogP contribution in [0.25, 0.3) is 0 Å². The van der Waals surface area contributed by atoms with Gasteiger partial charge in [0.1, 0.15) is 17.5 Å². The van der Waals surface area contributed by atoms with Crippen LogP contribution >= 0.6 is 0 Å². The topological polar surface area (TPSA) is 64.6 Å². The molecule has 1 saturated heterocycles. The minimum absolute atomic E-state index is 0.0231. The number of aryl methyl sites for hydroxylation is 1. The van der Waals surface area contributed by atoms with Crippen molar-refractivity contribution in [3.63, 3.8) is 0 Å². The Labute approximate surface area is 163 Å². The van der Waals surface area contributed by atoms with E-state index in [-0.39, 0.29) is 6.10 Å². The number of hydrogen-bond acceptors (Lipinski definition) is 6. The lowest BCUT2D eigenvalue weighted by atomic mass is 10.3. The number of carbonyl (C=O) groups is 1. The molecule has 1 aromatic carbocycles. The molecule has 0 amide bonds. The second-order valence-corrected chi connectivity index (χ2v) is 6.74. The van der Waals surface area contributed by atoms with Crippen LogP contribution in [0.3, 0.4) is 0 Å². The third kappa shape index (κ3) is 4.11. The largest absolute Gasteiger partial charge is 0.472 e. The maximum absolute atomic E-state index is 11.6. The van der Waals surface area contributed by atoms with E-state index in [1.165, 1.54) is 0 Å². The van der Waals surface area contributed by atoms with Crippen LogP contribution in [-0.2, 0) is 0 Å². The van der Waals surface area contributed by atoms with E-state index in [4.69, 9.17) is 9.47 Å². The van der Waals surface area contributed by atoms with Crippen LogP contribution in [0.15, 0.2) is 60.8 Å². The summed E-state index contributed by atoms with van der Waals surface area (Å²) in [5.74, 6) is 1.70. The normalized spacial score (nSPS) is 16.0. The third-order valence-electron chi connectivity index (χ3n) is 4.61. The van der Waals surface area contributed by atoms with Gasteiger partial charge in [-0.15, -0.1) is 0 Å². The summed E-state index contributed by atoms with van der Waals surface area (Å²) < 4.78 is 11.7. The molecule has 0 saturated carbocycles. The summed E-state index contributed by atoms with van der Waals surface area (Å²) in [6.45, 7) is 3.46. The van der Waals surface area contributed by atoms with Crippen LogP contribution in [0.2, 0.25) is 0 Å². The van der Waals surface area contributed by atoms with E-state index in [1.54, 1.807) is 12.3 Å². The number of aromatic nitrogens is 2.